The predicted molar refractivity (Wildman–Crippen MR) is 80.0 cm³/mol. The zero-order chi connectivity index (χ0) is 15.6. The van der Waals surface area contributed by atoms with Crippen molar-refractivity contribution in [1.82, 2.24) is 0 Å². The second-order valence-corrected chi connectivity index (χ2v) is 6.91. The fraction of sp³-hybridized carbons (Fsp3) is 0.333. The molecule has 8 heteroatoms. The molecule has 0 saturated carbocycles. The zero-order valence-corrected chi connectivity index (χ0v) is 13.5. The van der Waals surface area contributed by atoms with Crippen LogP contribution >= 0.6 is 22.6 Å². The average molecular weight is 418 g/mol. The van der Waals surface area contributed by atoms with E-state index in [4.69, 9.17) is 4.55 Å². The van der Waals surface area contributed by atoms with E-state index < -0.39 is 22.0 Å². The predicted octanol–water partition coefficient (Wildman–Crippen LogP) is 3.32. The Balaban J connectivity index is 2.68. The number of rotatable bonds is 6. The van der Waals surface area contributed by atoms with E-state index in [0.717, 1.165) is 14.7 Å². The number of allylic oxidation sites excluding steroid dienone is 1. The van der Waals surface area contributed by atoms with Crippen molar-refractivity contribution in [3.05, 3.63) is 39.5 Å². The quantitative estimate of drug-likeness (QED) is 0.569. The van der Waals surface area contributed by atoms with Gasteiger partial charge in [-0.25, -0.2) is 0 Å². The highest BCUT2D eigenvalue weighted by atomic mass is 127. The Labute approximate surface area is 129 Å². The lowest BCUT2D eigenvalue weighted by atomic mass is 10.1. The van der Waals surface area contributed by atoms with Gasteiger partial charge in [0.1, 0.15) is 6.61 Å². The molecule has 0 fully saturated rings. The maximum Gasteiger partial charge on any atom is 0.392 e. The number of ether oxygens (including phenoxy) is 1. The molecule has 0 atom stereocenters. The molecule has 1 rings (SSSR count). The Hall–Kier alpha value is -0.580. The van der Waals surface area contributed by atoms with Crippen molar-refractivity contribution in [3.8, 4) is 0 Å². The molecule has 0 bridgehead atoms. The van der Waals surface area contributed by atoms with Crippen LogP contribution in [-0.2, 0) is 21.5 Å². The molecule has 0 radical (unpaired) electrons. The van der Waals surface area contributed by atoms with Gasteiger partial charge in [-0.05, 0) is 46.7 Å². The van der Waals surface area contributed by atoms with Gasteiger partial charge in [-0.1, -0.05) is 24.3 Å². The first-order valence-electron chi connectivity index (χ1n) is 5.41. The molecule has 1 N–H and O–H groups in total. The van der Waals surface area contributed by atoms with E-state index in [9.17, 15) is 17.2 Å². The molecule has 0 spiro atoms. The summed E-state index contributed by atoms with van der Waals surface area (Å²) in [6.45, 7) is 4.07. The van der Waals surface area contributed by atoms with Crippen molar-refractivity contribution >= 4 is 38.3 Å². The molecular weight excluding hydrogens is 405 g/mol. The second kappa shape index (κ2) is 6.46. The first-order valence-corrected chi connectivity index (χ1v) is 7.93. The van der Waals surface area contributed by atoms with E-state index in [1.165, 1.54) is 0 Å². The monoisotopic (exact) mass is 418 g/mol. The topological polar surface area (TPSA) is 63.6 Å². The number of alkyl halides is 2. The third-order valence-corrected chi connectivity index (χ3v) is 4.17. The second-order valence-electron chi connectivity index (χ2n) is 4.20. The van der Waals surface area contributed by atoms with Gasteiger partial charge in [0.05, 0.1) is 6.61 Å². The summed E-state index contributed by atoms with van der Waals surface area (Å²) in [6.07, 6.45) is 0. The Kier molecular flexibility index (Phi) is 5.64. The van der Waals surface area contributed by atoms with Crippen LogP contribution in [0.1, 0.15) is 18.1 Å². The number of benzene rings is 1. The SMILES string of the molecule is C=C(C)c1ccc(COCC(F)(F)S(=O)(=O)O)cc1I. The summed E-state index contributed by atoms with van der Waals surface area (Å²) in [5.74, 6) is 0. The van der Waals surface area contributed by atoms with Gasteiger partial charge < -0.3 is 4.74 Å². The summed E-state index contributed by atoms with van der Waals surface area (Å²) in [4.78, 5) is 0. The summed E-state index contributed by atoms with van der Waals surface area (Å²) >= 11 is 2.08. The zero-order valence-electron chi connectivity index (χ0n) is 10.6. The van der Waals surface area contributed by atoms with Gasteiger partial charge in [-0.2, -0.15) is 17.2 Å². The van der Waals surface area contributed by atoms with Crippen molar-refractivity contribution in [2.45, 2.75) is 18.8 Å². The lowest BCUT2D eigenvalue weighted by molar-refractivity contribution is -0.0264. The van der Waals surface area contributed by atoms with Crippen molar-refractivity contribution < 1.29 is 26.5 Å². The maximum absolute atomic E-state index is 12.9. The Morgan fingerprint density at radius 3 is 2.55 bits per heavy atom. The number of hydrogen-bond acceptors (Lipinski definition) is 3. The van der Waals surface area contributed by atoms with Crippen LogP contribution in [0.2, 0.25) is 0 Å². The molecule has 20 heavy (non-hydrogen) atoms. The third kappa shape index (κ3) is 4.47. The summed E-state index contributed by atoms with van der Waals surface area (Å²) in [6, 6.07) is 5.19. The molecule has 0 aliphatic carbocycles. The molecule has 1 aromatic carbocycles. The highest BCUT2D eigenvalue weighted by molar-refractivity contribution is 14.1. The first kappa shape index (κ1) is 17.5. The van der Waals surface area contributed by atoms with Crippen LogP contribution in [0.5, 0.6) is 0 Å². The van der Waals surface area contributed by atoms with Crippen LogP contribution in [0.15, 0.2) is 24.8 Å². The molecule has 0 saturated heterocycles. The fourth-order valence-corrected chi connectivity index (χ4v) is 2.63. The normalized spacial score (nSPS) is 12.4. The lowest BCUT2D eigenvalue weighted by Crippen LogP contribution is -2.33. The van der Waals surface area contributed by atoms with Crippen molar-refractivity contribution in [3.63, 3.8) is 0 Å². The lowest BCUT2D eigenvalue weighted by Gasteiger charge is -2.13. The third-order valence-electron chi connectivity index (χ3n) is 2.41. The minimum Gasteiger partial charge on any atom is -0.369 e. The summed E-state index contributed by atoms with van der Waals surface area (Å²) in [7, 11) is -5.45. The van der Waals surface area contributed by atoms with Gasteiger partial charge in [0.25, 0.3) is 0 Å². The number of hydrogen-bond donors (Lipinski definition) is 1. The highest BCUT2D eigenvalue weighted by Crippen LogP contribution is 2.23. The molecule has 0 unspecified atom stereocenters. The van der Waals surface area contributed by atoms with Gasteiger partial charge in [0.15, 0.2) is 0 Å². The van der Waals surface area contributed by atoms with Gasteiger partial charge in [-0.15, -0.1) is 0 Å². The summed E-state index contributed by atoms with van der Waals surface area (Å²) < 4.78 is 60.4. The van der Waals surface area contributed by atoms with E-state index in [1.54, 1.807) is 18.2 Å². The molecule has 0 amide bonds. The van der Waals surface area contributed by atoms with Crippen molar-refractivity contribution in [2.75, 3.05) is 6.61 Å². The van der Waals surface area contributed by atoms with Crippen LogP contribution in [0, 0.1) is 3.57 Å². The standard InChI is InChI=1S/C12H13F2IO4S/c1-8(2)10-4-3-9(5-11(10)15)6-19-7-12(13,14)20(16,17)18/h3-5H,1,6-7H2,2H3,(H,16,17,18). The van der Waals surface area contributed by atoms with Crippen molar-refractivity contribution in [1.29, 1.82) is 0 Å². The first-order chi connectivity index (χ1) is 9.04. The van der Waals surface area contributed by atoms with Crippen LogP contribution < -0.4 is 0 Å². The number of halogens is 3. The van der Waals surface area contributed by atoms with Gasteiger partial charge in [0, 0.05) is 3.57 Å². The van der Waals surface area contributed by atoms with Crippen LogP contribution in [-0.4, -0.2) is 24.8 Å². The van der Waals surface area contributed by atoms with Gasteiger partial charge in [-0.3, -0.25) is 4.55 Å². The largest absolute Gasteiger partial charge is 0.392 e. The maximum atomic E-state index is 12.9. The molecule has 0 heterocycles. The van der Waals surface area contributed by atoms with Gasteiger partial charge >= 0.3 is 15.4 Å². The molecule has 0 aliphatic heterocycles. The van der Waals surface area contributed by atoms with Crippen LogP contribution in [0.4, 0.5) is 8.78 Å². The van der Waals surface area contributed by atoms with E-state index in [1.807, 2.05) is 6.92 Å². The molecule has 0 aliphatic rings. The summed E-state index contributed by atoms with van der Waals surface area (Å²) in [5.41, 5.74) is 2.43. The molecule has 0 aromatic heterocycles. The molecule has 112 valence electrons. The summed E-state index contributed by atoms with van der Waals surface area (Å²) in [5, 5.41) is -4.31. The minimum atomic E-state index is -5.45. The average Bonchev–Trinajstić information content (AvgIpc) is 2.26. The Morgan fingerprint density at radius 1 is 1.50 bits per heavy atom. The van der Waals surface area contributed by atoms with Crippen molar-refractivity contribution in [2.24, 2.45) is 0 Å². The Bertz CT molecular complexity index is 614. The molecule has 4 nitrogen and oxygen atoms in total. The molecule has 1 aromatic rings. The van der Waals surface area contributed by atoms with Crippen LogP contribution in [0.25, 0.3) is 5.57 Å². The fourth-order valence-electron chi connectivity index (χ4n) is 1.36. The van der Waals surface area contributed by atoms with E-state index in [0.29, 0.717) is 5.56 Å². The minimum absolute atomic E-state index is 0.183. The smallest absolute Gasteiger partial charge is 0.369 e. The van der Waals surface area contributed by atoms with Gasteiger partial charge in [0.2, 0.25) is 0 Å². The van der Waals surface area contributed by atoms with E-state index in [-0.39, 0.29) is 6.61 Å². The van der Waals surface area contributed by atoms with Crippen LogP contribution in [0.3, 0.4) is 0 Å². The highest BCUT2D eigenvalue weighted by Gasteiger charge is 2.44. The van der Waals surface area contributed by atoms with E-state index in [2.05, 4.69) is 33.9 Å². The Morgan fingerprint density at radius 2 is 2.10 bits per heavy atom. The van der Waals surface area contributed by atoms with E-state index >= 15 is 0 Å². The molecular formula is C12H13F2IO4S.